The standard InChI is InChI=1S/C15H25N3O2/c1-3-4-9-17-15(16)18-10-6-11-20-14-8-5-7-13(12-14)19-2/h5,7-8,12H,3-4,6,9-11H2,1-2H3,(H3,16,17,18). The van der Waals surface area contributed by atoms with Crippen LogP contribution in [0.5, 0.6) is 11.5 Å². The molecule has 3 N–H and O–H groups in total. The zero-order chi connectivity index (χ0) is 14.6. The molecule has 0 aliphatic heterocycles. The monoisotopic (exact) mass is 279 g/mol. The highest BCUT2D eigenvalue weighted by atomic mass is 16.5. The van der Waals surface area contributed by atoms with Crippen molar-refractivity contribution in [3.63, 3.8) is 0 Å². The molecule has 5 nitrogen and oxygen atoms in total. The molecule has 0 spiro atoms. The summed E-state index contributed by atoms with van der Waals surface area (Å²) in [5, 5.41) is 3.08. The van der Waals surface area contributed by atoms with E-state index in [9.17, 15) is 0 Å². The minimum absolute atomic E-state index is 0.514. The Balaban J connectivity index is 2.16. The van der Waals surface area contributed by atoms with Gasteiger partial charge >= 0.3 is 0 Å². The summed E-state index contributed by atoms with van der Waals surface area (Å²) >= 11 is 0. The lowest BCUT2D eigenvalue weighted by Gasteiger charge is -2.07. The Kier molecular flexibility index (Phi) is 8.03. The van der Waals surface area contributed by atoms with E-state index in [1.807, 2.05) is 24.3 Å². The number of rotatable bonds is 9. The predicted octanol–water partition coefficient (Wildman–Crippen LogP) is 2.17. The van der Waals surface area contributed by atoms with Gasteiger partial charge in [0.25, 0.3) is 0 Å². The molecule has 1 aromatic carbocycles. The highest BCUT2D eigenvalue weighted by molar-refractivity contribution is 5.77. The van der Waals surface area contributed by atoms with Crippen molar-refractivity contribution < 1.29 is 9.47 Å². The SMILES string of the molecule is CCCCNC(N)=NCCCOc1cccc(OC)c1. The molecule has 0 radical (unpaired) electrons. The van der Waals surface area contributed by atoms with Crippen molar-refractivity contribution in [2.24, 2.45) is 10.7 Å². The van der Waals surface area contributed by atoms with E-state index >= 15 is 0 Å². The number of nitrogens with two attached hydrogens (primary N) is 1. The molecule has 20 heavy (non-hydrogen) atoms. The zero-order valence-corrected chi connectivity index (χ0v) is 12.4. The first kappa shape index (κ1) is 16.1. The minimum atomic E-state index is 0.514. The first-order valence-corrected chi connectivity index (χ1v) is 7.07. The molecule has 0 aromatic heterocycles. The van der Waals surface area contributed by atoms with Crippen LogP contribution >= 0.6 is 0 Å². The van der Waals surface area contributed by atoms with E-state index in [-0.39, 0.29) is 0 Å². The van der Waals surface area contributed by atoms with Gasteiger partial charge in [0, 0.05) is 25.6 Å². The lowest BCUT2D eigenvalue weighted by atomic mass is 10.3. The van der Waals surface area contributed by atoms with E-state index in [0.717, 1.165) is 37.3 Å². The maximum absolute atomic E-state index is 5.73. The summed E-state index contributed by atoms with van der Waals surface area (Å²) in [6, 6.07) is 7.57. The molecule has 112 valence electrons. The molecule has 1 rings (SSSR count). The number of ether oxygens (including phenoxy) is 2. The molecule has 0 aliphatic rings. The van der Waals surface area contributed by atoms with E-state index in [0.29, 0.717) is 19.1 Å². The van der Waals surface area contributed by atoms with Crippen LogP contribution in [0.15, 0.2) is 29.3 Å². The Morgan fingerprint density at radius 2 is 2.10 bits per heavy atom. The molecule has 0 heterocycles. The van der Waals surface area contributed by atoms with Crippen LogP contribution in [0.25, 0.3) is 0 Å². The summed E-state index contributed by atoms with van der Waals surface area (Å²) in [7, 11) is 1.64. The normalized spacial score (nSPS) is 11.2. The topological polar surface area (TPSA) is 68.9 Å². The summed E-state index contributed by atoms with van der Waals surface area (Å²) in [4.78, 5) is 4.24. The van der Waals surface area contributed by atoms with Gasteiger partial charge in [0.2, 0.25) is 0 Å². The number of methoxy groups -OCH3 is 1. The van der Waals surface area contributed by atoms with Crippen molar-refractivity contribution in [2.75, 3.05) is 26.8 Å². The highest BCUT2D eigenvalue weighted by Crippen LogP contribution is 2.18. The van der Waals surface area contributed by atoms with Crippen molar-refractivity contribution in [1.82, 2.24) is 5.32 Å². The molecule has 0 fully saturated rings. The average molecular weight is 279 g/mol. The van der Waals surface area contributed by atoms with Crippen molar-refractivity contribution >= 4 is 5.96 Å². The zero-order valence-electron chi connectivity index (χ0n) is 12.4. The van der Waals surface area contributed by atoms with Crippen LogP contribution in [0.2, 0.25) is 0 Å². The van der Waals surface area contributed by atoms with Crippen molar-refractivity contribution in [1.29, 1.82) is 0 Å². The van der Waals surface area contributed by atoms with Crippen LogP contribution in [-0.2, 0) is 0 Å². The fourth-order valence-corrected chi connectivity index (χ4v) is 1.59. The average Bonchev–Trinajstić information content (AvgIpc) is 2.47. The third-order valence-electron chi connectivity index (χ3n) is 2.73. The summed E-state index contributed by atoms with van der Waals surface area (Å²) in [6.07, 6.45) is 3.08. The van der Waals surface area contributed by atoms with Gasteiger partial charge in [-0.3, -0.25) is 4.99 Å². The molecular formula is C15H25N3O2. The predicted molar refractivity (Wildman–Crippen MR) is 82.5 cm³/mol. The second-order valence-electron chi connectivity index (χ2n) is 4.43. The number of hydrogen-bond donors (Lipinski definition) is 2. The molecule has 0 aliphatic carbocycles. The summed E-state index contributed by atoms with van der Waals surface area (Å²) in [6.45, 7) is 4.30. The van der Waals surface area contributed by atoms with Crippen LogP contribution in [0, 0.1) is 0 Å². The molecule has 0 saturated carbocycles. The van der Waals surface area contributed by atoms with Gasteiger partial charge in [0.1, 0.15) is 11.5 Å². The first-order valence-electron chi connectivity index (χ1n) is 7.07. The fraction of sp³-hybridized carbons (Fsp3) is 0.533. The van der Waals surface area contributed by atoms with E-state index in [1.165, 1.54) is 0 Å². The largest absolute Gasteiger partial charge is 0.497 e. The number of unbranched alkanes of at least 4 members (excludes halogenated alkanes) is 1. The lowest BCUT2D eigenvalue weighted by molar-refractivity contribution is 0.311. The van der Waals surface area contributed by atoms with Crippen LogP contribution < -0.4 is 20.5 Å². The van der Waals surface area contributed by atoms with Crippen LogP contribution in [0.4, 0.5) is 0 Å². The van der Waals surface area contributed by atoms with Gasteiger partial charge in [-0.25, -0.2) is 0 Å². The van der Waals surface area contributed by atoms with E-state index in [4.69, 9.17) is 15.2 Å². The molecule has 0 saturated heterocycles. The van der Waals surface area contributed by atoms with Crippen molar-refractivity contribution in [3.05, 3.63) is 24.3 Å². The molecule has 0 atom stereocenters. The molecule has 1 aromatic rings. The van der Waals surface area contributed by atoms with Gasteiger partial charge in [-0.15, -0.1) is 0 Å². The van der Waals surface area contributed by atoms with E-state index < -0.39 is 0 Å². The van der Waals surface area contributed by atoms with Crippen LogP contribution in [-0.4, -0.2) is 32.8 Å². The Labute approximate surface area is 121 Å². The number of guanidine groups is 1. The quantitative estimate of drug-likeness (QED) is 0.413. The van der Waals surface area contributed by atoms with Crippen molar-refractivity contribution in [3.8, 4) is 11.5 Å². The number of aliphatic imine (C=N–C) groups is 1. The van der Waals surface area contributed by atoms with Crippen LogP contribution in [0.3, 0.4) is 0 Å². The third kappa shape index (κ3) is 6.87. The molecule has 0 amide bonds. The molecule has 0 bridgehead atoms. The summed E-state index contributed by atoms with van der Waals surface area (Å²) in [5.74, 6) is 2.12. The molecule has 5 heteroatoms. The van der Waals surface area contributed by atoms with Gasteiger partial charge < -0.3 is 20.5 Å². The van der Waals surface area contributed by atoms with Crippen molar-refractivity contribution in [2.45, 2.75) is 26.2 Å². The maximum atomic E-state index is 5.73. The fourth-order valence-electron chi connectivity index (χ4n) is 1.59. The Hall–Kier alpha value is -1.91. The van der Waals surface area contributed by atoms with Crippen LogP contribution in [0.1, 0.15) is 26.2 Å². The van der Waals surface area contributed by atoms with E-state index in [1.54, 1.807) is 7.11 Å². The lowest BCUT2D eigenvalue weighted by Crippen LogP contribution is -2.32. The minimum Gasteiger partial charge on any atom is -0.497 e. The third-order valence-corrected chi connectivity index (χ3v) is 2.73. The summed E-state index contributed by atoms with van der Waals surface area (Å²) in [5.41, 5.74) is 5.73. The van der Waals surface area contributed by atoms with Gasteiger partial charge in [-0.05, 0) is 18.6 Å². The van der Waals surface area contributed by atoms with Gasteiger partial charge in [-0.2, -0.15) is 0 Å². The van der Waals surface area contributed by atoms with Gasteiger partial charge in [0.15, 0.2) is 5.96 Å². The Morgan fingerprint density at radius 3 is 2.85 bits per heavy atom. The highest BCUT2D eigenvalue weighted by Gasteiger charge is 1.96. The van der Waals surface area contributed by atoms with Gasteiger partial charge in [0.05, 0.1) is 13.7 Å². The number of nitrogens with one attached hydrogen (secondary N) is 1. The number of nitrogens with zero attached hydrogens (tertiary/aromatic N) is 1. The van der Waals surface area contributed by atoms with Gasteiger partial charge in [-0.1, -0.05) is 19.4 Å². The Bertz CT molecular complexity index is 408. The van der Waals surface area contributed by atoms with E-state index in [2.05, 4.69) is 17.2 Å². The second-order valence-corrected chi connectivity index (χ2v) is 4.43. The number of hydrogen-bond acceptors (Lipinski definition) is 3. The number of benzene rings is 1. The molecular weight excluding hydrogens is 254 g/mol. The maximum Gasteiger partial charge on any atom is 0.188 e. The Morgan fingerprint density at radius 1 is 1.30 bits per heavy atom. The first-order chi connectivity index (χ1) is 9.76. The molecule has 0 unspecified atom stereocenters. The summed E-state index contributed by atoms with van der Waals surface area (Å²) < 4.78 is 10.8. The smallest absolute Gasteiger partial charge is 0.188 e. The second kappa shape index (κ2) is 9.95.